The van der Waals surface area contributed by atoms with Gasteiger partial charge < -0.3 is 19.4 Å². The first kappa shape index (κ1) is 19.3. The normalized spacial score (nSPS) is 27.9. The van der Waals surface area contributed by atoms with E-state index in [-0.39, 0.29) is 30.0 Å². The van der Waals surface area contributed by atoms with Gasteiger partial charge in [-0.1, -0.05) is 18.2 Å². The smallest absolute Gasteiger partial charge is 0.273 e. The molecule has 3 fully saturated rings. The fraction of sp³-hybridized carbons (Fsp3) is 0.500. The lowest BCUT2D eigenvalue weighted by Crippen LogP contribution is -2.57. The number of oxazole rings is 1. The number of carbonyl (C=O) groups is 2. The number of nitrogens with one attached hydrogen (secondary N) is 1. The lowest BCUT2D eigenvalue weighted by Gasteiger charge is -2.40. The number of benzene rings is 1. The van der Waals surface area contributed by atoms with Gasteiger partial charge in [-0.25, -0.2) is 4.98 Å². The Labute approximate surface area is 175 Å². The predicted octanol–water partition coefficient (Wildman–Crippen LogP) is 1.85. The first-order valence-corrected chi connectivity index (χ1v) is 10.6. The van der Waals surface area contributed by atoms with Crippen molar-refractivity contribution in [1.29, 1.82) is 0 Å². The van der Waals surface area contributed by atoms with Crippen LogP contribution >= 0.6 is 0 Å². The summed E-state index contributed by atoms with van der Waals surface area (Å²) in [5, 5.41) is 3.00. The molecule has 2 amide bonds. The summed E-state index contributed by atoms with van der Waals surface area (Å²) in [5.41, 5.74) is 1.01. The molecule has 3 aliphatic rings. The highest BCUT2D eigenvalue weighted by Gasteiger charge is 2.41. The van der Waals surface area contributed by atoms with E-state index in [0.717, 1.165) is 32.4 Å². The first-order valence-electron chi connectivity index (χ1n) is 10.6. The lowest BCUT2D eigenvalue weighted by molar-refractivity contribution is 0.0492. The number of ether oxygens (including phenoxy) is 1. The van der Waals surface area contributed by atoms with Gasteiger partial charge in [-0.2, -0.15) is 0 Å². The molecule has 1 N–H and O–H groups in total. The minimum atomic E-state index is -0.253. The van der Waals surface area contributed by atoms with Crippen LogP contribution < -0.4 is 5.32 Å². The van der Waals surface area contributed by atoms with Crippen LogP contribution in [-0.4, -0.2) is 71.5 Å². The Morgan fingerprint density at radius 2 is 2.03 bits per heavy atom. The Bertz CT molecular complexity index is 909. The van der Waals surface area contributed by atoms with Crippen LogP contribution in [0.5, 0.6) is 0 Å². The highest BCUT2D eigenvalue weighted by Crippen LogP contribution is 2.30. The quantitative estimate of drug-likeness (QED) is 0.810. The highest BCUT2D eigenvalue weighted by atomic mass is 16.5. The van der Waals surface area contributed by atoms with Gasteiger partial charge in [-0.3, -0.25) is 14.5 Å². The molecule has 0 saturated carbocycles. The first-order chi connectivity index (χ1) is 14.7. The van der Waals surface area contributed by atoms with Crippen molar-refractivity contribution in [1.82, 2.24) is 20.1 Å². The number of rotatable bonds is 5. The Morgan fingerprint density at radius 3 is 2.83 bits per heavy atom. The molecule has 1 aromatic heterocycles. The van der Waals surface area contributed by atoms with Gasteiger partial charge in [0, 0.05) is 50.4 Å². The van der Waals surface area contributed by atoms with Gasteiger partial charge in [0.15, 0.2) is 17.8 Å². The minimum Gasteiger partial charge on any atom is -0.445 e. The number of hydrogen-bond acceptors (Lipinski definition) is 6. The number of nitrogens with zero attached hydrogens (tertiary/aromatic N) is 3. The zero-order valence-electron chi connectivity index (χ0n) is 16.8. The molecule has 4 atom stereocenters. The maximum Gasteiger partial charge on any atom is 0.273 e. The van der Waals surface area contributed by atoms with E-state index >= 15 is 0 Å². The van der Waals surface area contributed by atoms with E-state index in [0.29, 0.717) is 36.7 Å². The molecule has 30 heavy (non-hydrogen) atoms. The summed E-state index contributed by atoms with van der Waals surface area (Å²) in [7, 11) is 0. The van der Waals surface area contributed by atoms with Crippen molar-refractivity contribution in [3.05, 3.63) is 53.7 Å². The van der Waals surface area contributed by atoms with Crippen molar-refractivity contribution >= 4 is 11.8 Å². The van der Waals surface area contributed by atoms with Crippen molar-refractivity contribution < 1.29 is 18.7 Å². The zero-order chi connectivity index (χ0) is 20.5. The molecule has 2 bridgehead atoms. The topological polar surface area (TPSA) is 87.9 Å². The molecule has 5 rings (SSSR count). The maximum atomic E-state index is 13.0. The molecule has 3 aliphatic heterocycles. The van der Waals surface area contributed by atoms with Gasteiger partial charge >= 0.3 is 0 Å². The summed E-state index contributed by atoms with van der Waals surface area (Å²) in [6.45, 7) is 3.53. The summed E-state index contributed by atoms with van der Waals surface area (Å²) in [5.74, 6) is 0.322. The summed E-state index contributed by atoms with van der Waals surface area (Å²) >= 11 is 0. The van der Waals surface area contributed by atoms with Gasteiger partial charge in [0.25, 0.3) is 11.8 Å². The standard InChI is InChI=1S/C22H26N4O4/c27-21(19-20(30-14-24-19)18-7-4-10-29-18)23-11-17-13-26(16-8-9-25(17)12-16)22(28)15-5-2-1-3-6-15/h1-3,5-6,14,16-18H,4,7-13H2,(H,23,27)/t16-,17+,18-/m0/s1. The number of hydrogen-bond donors (Lipinski definition) is 1. The Hall–Kier alpha value is -2.71. The van der Waals surface area contributed by atoms with Crippen LogP contribution in [0.1, 0.15) is 52.0 Å². The number of carbonyl (C=O) groups excluding carboxylic acids is 2. The van der Waals surface area contributed by atoms with Crippen molar-refractivity contribution in [3.8, 4) is 0 Å². The number of aromatic nitrogens is 1. The average Bonchev–Trinajstić information content (AvgIpc) is 3.54. The molecule has 2 aromatic rings. The molecule has 1 unspecified atom stereocenters. The fourth-order valence-corrected chi connectivity index (χ4v) is 4.77. The van der Waals surface area contributed by atoms with E-state index < -0.39 is 0 Å². The third-order valence-corrected chi connectivity index (χ3v) is 6.37. The summed E-state index contributed by atoms with van der Waals surface area (Å²) in [6, 6.07) is 9.73. The van der Waals surface area contributed by atoms with E-state index in [1.807, 2.05) is 35.2 Å². The lowest BCUT2D eigenvalue weighted by atomic mass is 10.1. The second-order valence-corrected chi connectivity index (χ2v) is 8.19. The summed E-state index contributed by atoms with van der Waals surface area (Å²) < 4.78 is 11.1. The summed E-state index contributed by atoms with van der Waals surface area (Å²) in [4.78, 5) is 34.3. The Morgan fingerprint density at radius 1 is 1.17 bits per heavy atom. The van der Waals surface area contributed by atoms with Crippen LogP contribution in [0, 0.1) is 0 Å². The Kier molecular flexibility index (Phi) is 5.26. The zero-order valence-corrected chi connectivity index (χ0v) is 16.8. The van der Waals surface area contributed by atoms with E-state index in [4.69, 9.17) is 9.15 Å². The maximum absolute atomic E-state index is 13.0. The van der Waals surface area contributed by atoms with Crippen molar-refractivity contribution in [2.75, 3.05) is 32.8 Å². The van der Waals surface area contributed by atoms with E-state index in [2.05, 4.69) is 15.2 Å². The van der Waals surface area contributed by atoms with Crippen molar-refractivity contribution in [2.24, 2.45) is 0 Å². The highest BCUT2D eigenvalue weighted by molar-refractivity contribution is 5.95. The molecule has 0 radical (unpaired) electrons. The molecule has 158 valence electrons. The number of amides is 2. The SMILES string of the molecule is O=C(NC[C@@H]1CN(C(=O)c2ccccc2)[C@H]2CCN1C2)c1ncoc1[C@@H]1CCCO1. The molecule has 0 spiro atoms. The van der Waals surface area contributed by atoms with E-state index in [1.54, 1.807) is 0 Å². The third-order valence-electron chi connectivity index (χ3n) is 6.37. The summed E-state index contributed by atoms with van der Waals surface area (Å²) in [6.07, 6.45) is 3.87. The number of fused-ring (bicyclic) bond motifs is 2. The fourth-order valence-electron chi connectivity index (χ4n) is 4.77. The molecular weight excluding hydrogens is 384 g/mol. The van der Waals surface area contributed by atoms with E-state index in [1.165, 1.54) is 6.39 Å². The van der Waals surface area contributed by atoms with Gasteiger partial charge in [-0.05, 0) is 31.4 Å². The van der Waals surface area contributed by atoms with E-state index in [9.17, 15) is 9.59 Å². The van der Waals surface area contributed by atoms with Crippen LogP contribution in [0.15, 0.2) is 41.1 Å². The van der Waals surface area contributed by atoms with Crippen LogP contribution in [0.25, 0.3) is 0 Å². The van der Waals surface area contributed by atoms with Crippen LogP contribution in [-0.2, 0) is 4.74 Å². The van der Waals surface area contributed by atoms with Gasteiger partial charge in [0.2, 0.25) is 0 Å². The van der Waals surface area contributed by atoms with Crippen molar-refractivity contribution in [3.63, 3.8) is 0 Å². The molecule has 4 heterocycles. The minimum absolute atomic E-state index is 0.0654. The molecule has 1 aromatic carbocycles. The Balaban J connectivity index is 1.25. The molecule has 8 heteroatoms. The second-order valence-electron chi connectivity index (χ2n) is 8.19. The van der Waals surface area contributed by atoms with Crippen LogP contribution in [0.4, 0.5) is 0 Å². The molecule has 0 aliphatic carbocycles. The molecular formula is C22H26N4O4. The van der Waals surface area contributed by atoms with Crippen LogP contribution in [0.2, 0.25) is 0 Å². The van der Waals surface area contributed by atoms with Gasteiger partial charge in [0.05, 0.1) is 0 Å². The average molecular weight is 410 g/mol. The van der Waals surface area contributed by atoms with Crippen LogP contribution in [0.3, 0.4) is 0 Å². The largest absolute Gasteiger partial charge is 0.445 e. The monoisotopic (exact) mass is 410 g/mol. The predicted molar refractivity (Wildman–Crippen MR) is 108 cm³/mol. The molecule has 8 nitrogen and oxygen atoms in total. The molecule has 3 saturated heterocycles. The van der Waals surface area contributed by atoms with Gasteiger partial charge in [-0.15, -0.1) is 0 Å². The van der Waals surface area contributed by atoms with Crippen molar-refractivity contribution in [2.45, 2.75) is 37.5 Å². The van der Waals surface area contributed by atoms with Gasteiger partial charge in [0.1, 0.15) is 6.10 Å². The second kappa shape index (κ2) is 8.20. The number of piperazine rings is 1. The third kappa shape index (κ3) is 3.61.